The summed E-state index contributed by atoms with van der Waals surface area (Å²) in [6.07, 6.45) is 11.4. The molecule has 4 nitrogen and oxygen atoms in total. The molecule has 0 atom stereocenters. The Hall–Kier alpha value is -2.23. The van der Waals surface area contributed by atoms with Crippen LogP contribution >= 0.6 is 0 Å². The topological polar surface area (TPSA) is 52.1 Å². The van der Waals surface area contributed by atoms with Crippen molar-refractivity contribution in [2.75, 3.05) is 0 Å². The van der Waals surface area contributed by atoms with Crippen molar-refractivity contribution in [2.24, 2.45) is 5.92 Å². The molecular weight excluding hydrogens is 324 g/mol. The van der Waals surface area contributed by atoms with Gasteiger partial charge >= 0.3 is 5.97 Å². The maximum atomic E-state index is 12.4. The summed E-state index contributed by atoms with van der Waals surface area (Å²) in [5.41, 5.74) is 2.65. The minimum Gasteiger partial charge on any atom is -0.459 e. The molecule has 0 aliphatic heterocycles. The fourth-order valence-electron chi connectivity index (χ4n) is 3.55. The van der Waals surface area contributed by atoms with E-state index in [0.29, 0.717) is 11.4 Å². The Kier molecular flexibility index (Phi) is 6.37. The predicted molar refractivity (Wildman–Crippen MR) is 103 cm³/mol. The highest BCUT2D eigenvalue weighted by atomic mass is 16.5. The van der Waals surface area contributed by atoms with E-state index in [-0.39, 0.29) is 12.1 Å². The molecule has 0 saturated heterocycles. The number of aryl methyl sites for hydroxylation is 1. The summed E-state index contributed by atoms with van der Waals surface area (Å²) in [6.45, 7) is 4.38. The van der Waals surface area contributed by atoms with Crippen LogP contribution < -0.4 is 0 Å². The highest BCUT2D eigenvalue weighted by Crippen LogP contribution is 2.28. The zero-order valence-corrected chi connectivity index (χ0v) is 15.8. The number of carbonyl (C=O) groups excluding carboxylic acids is 1. The maximum Gasteiger partial charge on any atom is 0.338 e. The van der Waals surface area contributed by atoms with Gasteiger partial charge in [0.05, 0.1) is 5.56 Å². The van der Waals surface area contributed by atoms with Gasteiger partial charge < -0.3 is 4.74 Å². The molecule has 1 saturated carbocycles. The van der Waals surface area contributed by atoms with E-state index in [1.807, 2.05) is 24.5 Å². The molecule has 3 rings (SSSR count). The third kappa shape index (κ3) is 4.69. The van der Waals surface area contributed by atoms with Crippen LogP contribution in [0.2, 0.25) is 0 Å². The van der Waals surface area contributed by atoms with E-state index in [0.717, 1.165) is 42.7 Å². The minimum atomic E-state index is -0.226. The molecule has 1 fully saturated rings. The summed E-state index contributed by atoms with van der Waals surface area (Å²) < 4.78 is 5.69. The van der Waals surface area contributed by atoms with Crippen LogP contribution in [0.25, 0.3) is 11.4 Å². The number of ether oxygens (including phenoxy) is 1. The van der Waals surface area contributed by atoms with E-state index in [1.165, 1.54) is 19.3 Å². The highest BCUT2D eigenvalue weighted by molar-refractivity contribution is 5.90. The third-order valence-corrected chi connectivity index (χ3v) is 5.27. The molecule has 26 heavy (non-hydrogen) atoms. The number of esters is 1. The van der Waals surface area contributed by atoms with Crippen molar-refractivity contribution < 1.29 is 9.53 Å². The SMILES string of the molecule is CCCc1cnc(-c2ccc(C(=O)OC3CCC(CC)CC3)cc2)nc1. The first-order valence-electron chi connectivity index (χ1n) is 9.82. The Morgan fingerprint density at radius 1 is 1.04 bits per heavy atom. The second kappa shape index (κ2) is 8.93. The lowest BCUT2D eigenvalue weighted by molar-refractivity contribution is 0.0164. The fraction of sp³-hybridized carbons (Fsp3) is 0.500. The Morgan fingerprint density at radius 2 is 1.69 bits per heavy atom. The first-order chi connectivity index (χ1) is 12.7. The number of hydrogen-bond donors (Lipinski definition) is 0. The molecule has 4 heteroatoms. The van der Waals surface area contributed by atoms with E-state index in [4.69, 9.17) is 4.74 Å². The normalized spacial score (nSPS) is 19.9. The van der Waals surface area contributed by atoms with Crippen LogP contribution in [-0.2, 0) is 11.2 Å². The molecule has 1 aromatic carbocycles. The summed E-state index contributed by atoms with van der Waals surface area (Å²) in [6, 6.07) is 7.39. The zero-order valence-electron chi connectivity index (χ0n) is 15.8. The van der Waals surface area contributed by atoms with Crippen molar-refractivity contribution in [3.8, 4) is 11.4 Å². The molecule has 1 aliphatic rings. The van der Waals surface area contributed by atoms with Crippen LogP contribution in [0.15, 0.2) is 36.7 Å². The van der Waals surface area contributed by atoms with E-state index < -0.39 is 0 Å². The molecule has 1 aromatic heterocycles. The molecule has 0 radical (unpaired) electrons. The molecule has 0 spiro atoms. The van der Waals surface area contributed by atoms with E-state index in [1.54, 1.807) is 12.1 Å². The largest absolute Gasteiger partial charge is 0.459 e. The van der Waals surface area contributed by atoms with E-state index >= 15 is 0 Å². The number of benzene rings is 1. The summed E-state index contributed by atoms with van der Waals surface area (Å²) >= 11 is 0. The van der Waals surface area contributed by atoms with Crippen LogP contribution in [-0.4, -0.2) is 22.0 Å². The Bertz CT molecular complexity index is 702. The van der Waals surface area contributed by atoms with Gasteiger partial charge in [0, 0.05) is 18.0 Å². The van der Waals surface area contributed by atoms with Crippen molar-refractivity contribution in [3.05, 3.63) is 47.8 Å². The zero-order chi connectivity index (χ0) is 18.4. The number of aromatic nitrogens is 2. The van der Waals surface area contributed by atoms with Crippen molar-refractivity contribution in [1.82, 2.24) is 9.97 Å². The third-order valence-electron chi connectivity index (χ3n) is 5.27. The smallest absolute Gasteiger partial charge is 0.338 e. The number of nitrogens with zero attached hydrogens (tertiary/aromatic N) is 2. The van der Waals surface area contributed by atoms with Gasteiger partial charge in [-0.1, -0.05) is 38.8 Å². The average Bonchev–Trinajstić information content (AvgIpc) is 2.69. The second-order valence-corrected chi connectivity index (χ2v) is 7.20. The van der Waals surface area contributed by atoms with Gasteiger partial charge in [0.25, 0.3) is 0 Å². The van der Waals surface area contributed by atoms with Crippen molar-refractivity contribution in [3.63, 3.8) is 0 Å². The number of hydrogen-bond acceptors (Lipinski definition) is 4. The van der Waals surface area contributed by atoms with Gasteiger partial charge in [-0.2, -0.15) is 0 Å². The summed E-state index contributed by atoms with van der Waals surface area (Å²) in [4.78, 5) is 21.2. The lowest BCUT2D eigenvalue weighted by atomic mass is 9.86. The van der Waals surface area contributed by atoms with Gasteiger partial charge in [-0.25, -0.2) is 14.8 Å². The molecule has 0 unspecified atom stereocenters. The molecule has 1 heterocycles. The van der Waals surface area contributed by atoms with Gasteiger partial charge in [-0.3, -0.25) is 0 Å². The van der Waals surface area contributed by atoms with Gasteiger partial charge in [-0.15, -0.1) is 0 Å². The molecular formula is C22H28N2O2. The predicted octanol–water partition coefficient (Wildman–Crippen LogP) is 5.22. The second-order valence-electron chi connectivity index (χ2n) is 7.20. The first-order valence-corrected chi connectivity index (χ1v) is 9.82. The Morgan fingerprint density at radius 3 is 2.27 bits per heavy atom. The quantitative estimate of drug-likeness (QED) is 0.669. The fourth-order valence-corrected chi connectivity index (χ4v) is 3.55. The number of rotatable bonds is 6. The first kappa shape index (κ1) is 18.6. The standard InChI is InChI=1S/C22H28N2O2/c1-3-5-17-14-23-21(24-15-17)18-8-10-19(11-9-18)22(25)26-20-12-6-16(4-2)7-13-20/h8-11,14-16,20H,3-7,12-13H2,1-2H3. The van der Waals surface area contributed by atoms with E-state index in [2.05, 4.69) is 23.8 Å². The van der Waals surface area contributed by atoms with Crippen LogP contribution in [0.4, 0.5) is 0 Å². The average molecular weight is 352 g/mol. The Labute approximate surface area is 156 Å². The van der Waals surface area contributed by atoms with Crippen molar-refractivity contribution in [1.29, 1.82) is 0 Å². The van der Waals surface area contributed by atoms with Gasteiger partial charge in [0.2, 0.25) is 0 Å². The molecule has 0 amide bonds. The maximum absolute atomic E-state index is 12.4. The lowest BCUT2D eigenvalue weighted by Crippen LogP contribution is -2.24. The highest BCUT2D eigenvalue weighted by Gasteiger charge is 2.23. The molecule has 2 aromatic rings. The summed E-state index contributed by atoms with van der Waals surface area (Å²) in [5.74, 6) is 1.26. The van der Waals surface area contributed by atoms with Crippen LogP contribution in [0.3, 0.4) is 0 Å². The summed E-state index contributed by atoms with van der Waals surface area (Å²) in [5, 5.41) is 0. The molecule has 138 valence electrons. The monoisotopic (exact) mass is 352 g/mol. The molecule has 1 aliphatic carbocycles. The van der Waals surface area contributed by atoms with Gasteiger partial charge in [-0.05, 0) is 55.7 Å². The van der Waals surface area contributed by atoms with Crippen molar-refractivity contribution >= 4 is 5.97 Å². The summed E-state index contributed by atoms with van der Waals surface area (Å²) in [7, 11) is 0. The van der Waals surface area contributed by atoms with Crippen LogP contribution in [0.1, 0.15) is 68.3 Å². The van der Waals surface area contributed by atoms with Crippen LogP contribution in [0, 0.1) is 5.92 Å². The molecule has 0 N–H and O–H groups in total. The molecule has 0 bridgehead atoms. The van der Waals surface area contributed by atoms with Gasteiger partial charge in [0.15, 0.2) is 5.82 Å². The minimum absolute atomic E-state index is 0.0689. The Balaban J connectivity index is 1.59. The number of carbonyl (C=O) groups is 1. The van der Waals surface area contributed by atoms with Crippen LogP contribution in [0.5, 0.6) is 0 Å². The lowest BCUT2D eigenvalue weighted by Gasteiger charge is -2.27. The van der Waals surface area contributed by atoms with E-state index in [9.17, 15) is 4.79 Å². The van der Waals surface area contributed by atoms with Crippen molar-refractivity contribution in [2.45, 2.75) is 64.9 Å². The van der Waals surface area contributed by atoms with Gasteiger partial charge in [0.1, 0.15) is 6.10 Å².